The van der Waals surface area contributed by atoms with Crippen LogP contribution in [0.25, 0.3) is 0 Å². The monoisotopic (exact) mass is 234 g/mol. The number of rotatable bonds is 3. The molecule has 0 N–H and O–H groups in total. The fourth-order valence-electron chi connectivity index (χ4n) is 0.489. The van der Waals surface area contributed by atoms with E-state index >= 15 is 0 Å². The highest BCUT2D eigenvalue weighted by molar-refractivity contribution is 7.90. The van der Waals surface area contributed by atoms with Gasteiger partial charge in [-0.15, -0.1) is 25.3 Å². The second-order valence-electron chi connectivity index (χ2n) is 2.11. The van der Waals surface area contributed by atoms with Gasteiger partial charge in [-0.25, -0.2) is 9.59 Å². The molecule has 0 radical (unpaired) electrons. The summed E-state index contributed by atoms with van der Waals surface area (Å²) in [6.45, 7) is 0. The Kier molecular flexibility index (Phi) is 6.14. The van der Waals surface area contributed by atoms with Crippen molar-refractivity contribution in [2.45, 2.75) is 0 Å². The van der Waals surface area contributed by atoms with Gasteiger partial charge in [0.15, 0.2) is 0 Å². The number of thiol groups is 2. The maximum atomic E-state index is 10.8. The molecule has 6 heteroatoms. The van der Waals surface area contributed by atoms with Crippen molar-refractivity contribution in [2.24, 2.45) is 0 Å². The summed E-state index contributed by atoms with van der Waals surface area (Å²) < 4.78 is 8.72. The Bertz CT molecular complexity index is 264. The van der Waals surface area contributed by atoms with Crippen LogP contribution >= 0.6 is 25.3 Å². The molecule has 0 saturated carbocycles. The molecule has 78 valence electrons. The molecule has 4 nitrogen and oxygen atoms in total. The second-order valence-corrected chi connectivity index (χ2v) is 3.07. The quantitative estimate of drug-likeness (QED) is 0.330. The van der Waals surface area contributed by atoms with Gasteiger partial charge in [-0.3, -0.25) is 0 Å². The predicted octanol–water partition coefficient (Wildman–Crippen LogP) is 0.960. The molecule has 14 heavy (non-hydrogen) atoms. The standard InChI is InChI=1S/C8H10O4S2/c1-11-7(9)3-5(13)6(14)4-8(10)12-2/h3-4,13-14H,1-2H3/b5-3-,6-4-. The first kappa shape index (κ1) is 13.1. The van der Waals surface area contributed by atoms with E-state index in [0.29, 0.717) is 0 Å². The maximum absolute atomic E-state index is 10.8. The lowest BCUT2D eigenvalue weighted by Gasteiger charge is -1.98. The third-order valence-corrected chi connectivity index (χ3v) is 2.09. The fourth-order valence-corrected chi connectivity index (χ4v) is 0.829. The van der Waals surface area contributed by atoms with E-state index in [4.69, 9.17) is 0 Å². The highest BCUT2D eigenvalue weighted by atomic mass is 32.1. The molecule has 0 bridgehead atoms. The number of ether oxygens (including phenoxy) is 2. The molecule has 0 aromatic carbocycles. The van der Waals surface area contributed by atoms with E-state index in [1.54, 1.807) is 0 Å². The van der Waals surface area contributed by atoms with E-state index in [1.165, 1.54) is 14.2 Å². The molecule has 0 fully saturated rings. The van der Waals surface area contributed by atoms with Gasteiger partial charge in [0, 0.05) is 22.0 Å². The van der Waals surface area contributed by atoms with Gasteiger partial charge in [0.1, 0.15) is 0 Å². The Morgan fingerprint density at radius 2 is 1.21 bits per heavy atom. The summed E-state index contributed by atoms with van der Waals surface area (Å²) in [5.74, 6) is -1.14. The van der Waals surface area contributed by atoms with Crippen molar-refractivity contribution >= 4 is 37.2 Å². The Morgan fingerprint density at radius 3 is 1.43 bits per heavy atom. The largest absolute Gasteiger partial charge is 0.466 e. The number of hydrogen-bond donors (Lipinski definition) is 2. The molecule has 0 saturated heterocycles. The number of carbonyl (C=O) groups excluding carboxylic acids is 2. The molecule has 0 aliphatic rings. The Labute approximate surface area is 92.8 Å². The van der Waals surface area contributed by atoms with Crippen molar-refractivity contribution in [3.05, 3.63) is 22.0 Å². The maximum Gasteiger partial charge on any atom is 0.331 e. The highest BCUT2D eigenvalue weighted by Gasteiger charge is 2.03. The highest BCUT2D eigenvalue weighted by Crippen LogP contribution is 2.17. The fraction of sp³-hybridized carbons (Fsp3) is 0.250. The lowest BCUT2D eigenvalue weighted by Crippen LogP contribution is -1.98. The normalized spacial score (nSPS) is 12.3. The summed E-state index contributed by atoms with van der Waals surface area (Å²) in [5, 5.41) is 0. The van der Waals surface area contributed by atoms with Crippen molar-refractivity contribution < 1.29 is 19.1 Å². The molecular formula is C8H10O4S2. The van der Waals surface area contributed by atoms with E-state index < -0.39 is 11.9 Å². The van der Waals surface area contributed by atoms with E-state index in [2.05, 4.69) is 34.7 Å². The molecule has 0 aliphatic heterocycles. The first-order valence-electron chi connectivity index (χ1n) is 3.48. The third kappa shape index (κ3) is 4.98. The predicted molar refractivity (Wildman–Crippen MR) is 58.2 cm³/mol. The van der Waals surface area contributed by atoms with Crippen molar-refractivity contribution in [1.82, 2.24) is 0 Å². The average molecular weight is 234 g/mol. The molecule has 0 aromatic heterocycles. The van der Waals surface area contributed by atoms with Crippen LogP contribution in [0.4, 0.5) is 0 Å². The third-order valence-electron chi connectivity index (χ3n) is 1.17. The van der Waals surface area contributed by atoms with Crippen molar-refractivity contribution in [3.8, 4) is 0 Å². The van der Waals surface area contributed by atoms with Gasteiger partial charge in [-0.1, -0.05) is 0 Å². The van der Waals surface area contributed by atoms with Crippen molar-refractivity contribution in [2.75, 3.05) is 14.2 Å². The Hall–Kier alpha value is -0.880. The smallest absolute Gasteiger partial charge is 0.331 e. The molecule has 0 aromatic rings. The van der Waals surface area contributed by atoms with Crippen LogP contribution in [0.5, 0.6) is 0 Å². The molecule has 0 amide bonds. The van der Waals surface area contributed by atoms with Crippen LogP contribution in [0.2, 0.25) is 0 Å². The Morgan fingerprint density at radius 1 is 0.929 bits per heavy atom. The number of methoxy groups -OCH3 is 2. The van der Waals surface area contributed by atoms with Gasteiger partial charge in [-0.2, -0.15) is 0 Å². The van der Waals surface area contributed by atoms with Crippen molar-refractivity contribution in [3.63, 3.8) is 0 Å². The van der Waals surface area contributed by atoms with Gasteiger partial charge >= 0.3 is 11.9 Å². The topological polar surface area (TPSA) is 52.6 Å². The molecule has 0 aliphatic carbocycles. The van der Waals surface area contributed by atoms with Gasteiger partial charge in [0.05, 0.1) is 14.2 Å². The van der Waals surface area contributed by atoms with Crippen LogP contribution in [-0.4, -0.2) is 26.2 Å². The number of esters is 2. The lowest BCUT2D eigenvalue weighted by atomic mass is 10.4. The van der Waals surface area contributed by atoms with Gasteiger partial charge in [0.25, 0.3) is 0 Å². The van der Waals surface area contributed by atoms with Crippen LogP contribution < -0.4 is 0 Å². The molecule has 0 rings (SSSR count). The SMILES string of the molecule is COC(=O)/C=C(S)/C(S)=C/C(=O)OC. The first-order valence-corrected chi connectivity index (χ1v) is 4.38. The minimum atomic E-state index is -0.570. The zero-order valence-electron chi connectivity index (χ0n) is 7.68. The Balaban J connectivity index is 4.61. The minimum absolute atomic E-state index is 0.227. The van der Waals surface area contributed by atoms with Gasteiger partial charge in [0.2, 0.25) is 0 Å². The van der Waals surface area contributed by atoms with Crippen LogP contribution in [0, 0.1) is 0 Å². The van der Waals surface area contributed by atoms with E-state index in [-0.39, 0.29) is 9.81 Å². The molecular weight excluding hydrogens is 224 g/mol. The average Bonchev–Trinajstić information content (AvgIpc) is 2.17. The van der Waals surface area contributed by atoms with Crippen LogP contribution in [0.3, 0.4) is 0 Å². The van der Waals surface area contributed by atoms with Crippen LogP contribution in [0.15, 0.2) is 22.0 Å². The van der Waals surface area contributed by atoms with Crippen LogP contribution in [0.1, 0.15) is 0 Å². The molecule has 0 unspecified atom stereocenters. The molecule has 0 spiro atoms. The number of hydrogen-bond acceptors (Lipinski definition) is 6. The zero-order valence-corrected chi connectivity index (χ0v) is 9.47. The van der Waals surface area contributed by atoms with Crippen LogP contribution in [-0.2, 0) is 19.1 Å². The zero-order chi connectivity index (χ0) is 11.1. The van der Waals surface area contributed by atoms with E-state index in [0.717, 1.165) is 12.2 Å². The summed E-state index contributed by atoms with van der Waals surface area (Å²) in [6.07, 6.45) is 2.20. The lowest BCUT2D eigenvalue weighted by molar-refractivity contribution is -0.135. The van der Waals surface area contributed by atoms with Gasteiger partial charge in [-0.05, 0) is 0 Å². The van der Waals surface area contributed by atoms with Crippen molar-refractivity contribution in [1.29, 1.82) is 0 Å². The first-order chi connectivity index (χ1) is 6.51. The molecule has 0 heterocycles. The summed E-state index contributed by atoms with van der Waals surface area (Å²) in [4.78, 5) is 22.0. The second kappa shape index (κ2) is 6.56. The molecule has 0 atom stereocenters. The van der Waals surface area contributed by atoms with E-state index in [9.17, 15) is 9.59 Å². The summed E-state index contributed by atoms with van der Waals surface area (Å²) in [7, 11) is 2.48. The van der Waals surface area contributed by atoms with E-state index in [1.807, 2.05) is 0 Å². The summed E-state index contributed by atoms with van der Waals surface area (Å²) >= 11 is 7.88. The number of carbonyl (C=O) groups is 2. The summed E-state index contributed by atoms with van der Waals surface area (Å²) in [6, 6.07) is 0. The van der Waals surface area contributed by atoms with Gasteiger partial charge < -0.3 is 9.47 Å². The minimum Gasteiger partial charge on any atom is -0.466 e. The summed E-state index contributed by atoms with van der Waals surface area (Å²) in [5.41, 5.74) is 0.